The first-order valence-corrected chi connectivity index (χ1v) is 19.8. The van der Waals surface area contributed by atoms with Gasteiger partial charge < -0.3 is 0 Å². The largest absolute Gasteiger partial charge is 0.0654 e. The summed E-state index contributed by atoms with van der Waals surface area (Å²) in [7, 11) is 0. The lowest BCUT2D eigenvalue weighted by Gasteiger charge is -2.19. The molecule has 0 radical (unpaired) electrons. The van der Waals surface area contributed by atoms with Crippen LogP contribution in [0.3, 0.4) is 0 Å². The number of fused-ring (bicyclic) bond motifs is 1. The van der Waals surface area contributed by atoms with Gasteiger partial charge in [-0.3, -0.25) is 0 Å². The van der Waals surface area contributed by atoms with Crippen LogP contribution in [0.5, 0.6) is 0 Å². The fourth-order valence-corrected chi connectivity index (χ4v) is 7.20. The monoisotopic (exact) mass is 591 g/mol. The summed E-state index contributed by atoms with van der Waals surface area (Å²) in [6, 6.07) is 12.0. The molecule has 0 aliphatic rings. The molecule has 0 nitrogen and oxygen atoms in total. The molecule has 0 saturated heterocycles. The first kappa shape index (κ1) is 37.9. The zero-order chi connectivity index (χ0) is 30.6. The number of rotatable bonds is 30. The molecular weight excluding hydrogens is 516 g/mol. The van der Waals surface area contributed by atoms with Crippen LogP contribution in [-0.2, 0) is 19.3 Å². The van der Waals surface area contributed by atoms with Crippen molar-refractivity contribution < 1.29 is 0 Å². The number of aryl methyl sites for hydroxylation is 2. The fraction of sp³-hybridized carbons (Fsp3) is 0.767. The van der Waals surface area contributed by atoms with Gasteiger partial charge in [0, 0.05) is 0 Å². The first-order chi connectivity index (χ1) is 21.3. The van der Waals surface area contributed by atoms with Gasteiger partial charge in [0.2, 0.25) is 0 Å². The van der Waals surface area contributed by atoms with Crippen molar-refractivity contribution in [3.63, 3.8) is 0 Å². The Bertz CT molecular complexity index is 892. The minimum atomic E-state index is 1.29. The molecule has 0 amide bonds. The lowest BCUT2D eigenvalue weighted by atomic mass is 9.86. The van der Waals surface area contributed by atoms with Crippen LogP contribution in [-0.4, -0.2) is 0 Å². The zero-order valence-corrected chi connectivity index (χ0v) is 29.6. The SMILES string of the molecule is CCCCCCCCCCCc1cc2ccccc2c(CCCCCCCCCCC)c1CCCCCCCCCCC. The number of benzene rings is 2. The highest BCUT2D eigenvalue weighted by Crippen LogP contribution is 2.31. The maximum atomic E-state index is 2.60. The first-order valence-electron chi connectivity index (χ1n) is 19.8. The smallest absolute Gasteiger partial charge is 0.0149 e. The van der Waals surface area contributed by atoms with Crippen molar-refractivity contribution in [2.24, 2.45) is 0 Å². The fourth-order valence-electron chi connectivity index (χ4n) is 7.20. The van der Waals surface area contributed by atoms with E-state index in [1.807, 2.05) is 0 Å². The normalized spacial score (nSPS) is 11.6. The number of hydrogen-bond acceptors (Lipinski definition) is 0. The van der Waals surface area contributed by atoms with E-state index in [1.54, 1.807) is 22.1 Å². The number of unbranched alkanes of at least 4 members (excludes halogenated alkanes) is 24. The topological polar surface area (TPSA) is 0 Å². The number of hydrogen-bond donors (Lipinski definition) is 0. The van der Waals surface area contributed by atoms with E-state index in [0.29, 0.717) is 0 Å². The van der Waals surface area contributed by atoms with Gasteiger partial charge in [-0.25, -0.2) is 0 Å². The van der Waals surface area contributed by atoms with Crippen LogP contribution in [0.2, 0.25) is 0 Å². The van der Waals surface area contributed by atoms with Crippen LogP contribution in [0.1, 0.15) is 211 Å². The van der Waals surface area contributed by atoms with Gasteiger partial charge in [0.1, 0.15) is 0 Å². The molecule has 0 aliphatic heterocycles. The Labute approximate surface area is 270 Å². The van der Waals surface area contributed by atoms with E-state index in [4.69, 9.17) is 0 Å². The van der Waals surface area contributed by atoms with E-state index < -0.39 is 0 Å². The third kappa shape index (κ3) is 17.7. The summed E-state index contributed by atoms with van der Waals surface area (Å²) in [5.74, 6) is 0. The van der Waals surface area contributed by atoms with Crippen LogP contribution in [0, 0.1) is 0 Å². The Kier molecular flexibility index (Phi) is 23.8. The second-order valence-corrected chi connectivity index (χ2v) is 13.9. The molecule has 2 aromatic rings. The summed E-state index contributed by atoms with van der Waals surface area (Å²) >= 11 is 0. The molecule has 246 valence electrons. The van der Waals surface area contributed by atoms with Gasteiger partial charge in [0.15, 0.2) is 0 Å². The van der Waals surface area contributed by atoms with Crippen molar-refractivity contribution >= 4 is 10.8 Å². The summed E-state index contributed by atoms with van der Waals surface area (Å²) in [6.07, 6.45) is 42.2. The molecule has 0 spiro atoms. The van der Waals surface area contributed by atoms with Crippen LogP contribution in [0.25, 0.3) is 10.8 Å². The molecule has 2 rings (SSSR count). The average molecular weight is 591 g/mol. The summed E-state index contributed by atoms with van der Waals surface area (Å²) in [5.41, 5.74) is 5.19. The van der Waals surface area contributed by atoms with E-state index in [9.17, 15) is 0 Å². The van der Waals surface area contributed by atoms with Crippen LogP contribution >= 0.6 is 0 Å². The van der Waals surface area contributed by atoms with Crippen molar-refractivity contribution in [3.8, 4) is 0 Å². The third-order valence-electron chi connectivity index (χ3n) is 9.98. The van der Waals surface area contributed by atoms with Gasteiger partial charge in [0.25, 0.3) is 0 Å². The van der Waals surface area contributed by atoms with Crippen molar-refractivity contribution in [2.75, 3.05) is 0 Å². The summed E-state index contributed by atoms with van der Waals surface area (Å²) in [4.78, 5) is 0. The van der Waals surface area contributed by atoms with E-state index in [-0.39, 0.29) is 0 Å². The highest BCUT2D eigenvalue weighted by atomic mass is 14.2. The molecule has 0 heterocycles. The van der Waals surface area contributed by atoms with Crippen LogP contribution in [0.4, 0.5) is 0 Å². The molecular formula is C43H74. The summed E-state index contributed by atoms with van der Waals surface area (Å²) in [6.45, 7) is 6.96. The van der Waals surface area contributed by atoms with Gasteiger partial charge in [-0.1, -0.05) is 205 Å². The van der Waals surface area contributed by atoms with Gasteiger partial charge >= 0.3 is 0 Å². The molecule has 0 aliphatic carbocycles. The summed E-state index contributed by atoms with van der Waals surface area (Å²) in [5, 5.41) is 3.05. The molecule has 0 atom stereocenters. The molecule has 0 bridgehead atoms. The minimum Gasteiger partial charge on any atom is -0.0654 e. The van der Waals surface area contributed by atoms with E-state index in [0.717, 1.165) is 0 Å². The highest BCUT2D eigenvalue weighted by molar-refractivity contribution is 5.88. The highest BCUT2D eigenvalue weighted by Gasteiger charge is 2.13. The summed E-state index contributed by atoms with van der Waals surface area (Å²) < 4.78 is 0. The maximum absolute atomic E-state index is 2.60. The standard InChI is InChI=1S/C43H74/c1-4-7-10-13-16-19-22-25-28-33-39-38-40-34-31-32-36-42(40)43(37-30-27-24-21-18-15-12-9-6-3)41(39)35-29-26-23-20-17-14-11-8-5-2/h31-32,34,36,38H,4-30,33,35,37H2,1-3H3. The lowest BCUT2D eigenvalue weighted by Crippen LogP contribution is -2.04. The predicted octanol–water partition coefficient (Wildman–Crippen LogP) is 15.1. The maximum Gasteiger partial charge on any atom is -0.0149 e. The van der Waals surface area contributed by atoms with E-state index in [1.165, 1.54) is 198 Å². The third-order valence-corrected chi connectivity index (χ3v) is 9.98. The second kappa shape index (κ2) is 27.0. The Hall–Kier alpha value is -1.30. The Morgan fingerprint density at radius 2 is 0.698 bits per heavy atom. The molecule has 2 aromatic carbocycles. The average Bonchev–Trinajstić information content (AvgIpc) is 3.03. The Balaban J connectivity index is 1.97. The molecule has 0 unspecified atom stereocenters. The molecule has 0 N–H and O–H groups in total. The van der Waals surface area contributed by atoms with Gasteiger partial charge in [-0.2, -0.15) is 0 Å². The minimum absolute atomic E-state index is 1.29. The van der Waals surface area contributed by atoms with E-state index >= 15 is 0 Å². The van der Waals surface area contributed by atoms with Crippen LogP contribution in [0.15, 0.2) is 30.3 Å². The van der Waals surface area contributed by atoms with Crippen molar-refractivity contribution in [2.45, 2.75) is 213 Å². The van der Waals surface area contributed by atoms with Crippen molar-refractivity contribution in [3.05, 3.63) is 47.0 Å². The predicted molar refractivity (Wildman–Crippen MR) is 197 cm³/mol. The Morgan fingerprint density at radius 3 is 1.14 bits per heavy atom. The molecule has 43 heavy (non-hydrogen) atoms. The van der Waals surface area contributed by atoms with Crippen LogP contribution < -0.4 is 0 Å². The quantitative estimate of drug-likeness (QED) is 0.0794. The molecule has 0 heteroatoms. The molecule has 0 fully saturated rings. The molecule has 0 saturated carbocycles. The second-order valence-electron chi connectivity index (χ2n) is 13.9. The van der Waals surface area contributed by atoms with E-state index in [2.05, 4.69) is 51.1 Å². The zero-order valence-electron chi connectivity index (χ0n) is 29.6. The van der Waals surface area contributed by atoms with Gasteiger partial charge in [-0.05, 0) is 66.0 Å². The van der Waals surface area contributed by atoms with Crippen molar-refractivity contribution in [1.29, 1.82) is 0 Å². The van der Waals surface area contributed by atoms with Crippen molar-refractivity contribution in [1.82, 2.24) is 0 Å². The van der Waals surface area contributed by atoms with Gasteiger partial charge in [-0.15, -0.1) is 0 Å². The van der Waals surface area contributed by atoms with Gasteiger partial charge in [0.05, 0.1) is 0 Å². The Morgan fingerprint density at radius 1 is 0.349 bits per heavy atom. The lowest BCUT2D eigenvalue weighted by molar-refractivity contribution is 0.558. The molecule has 0 aromatic heterocycles.